The predicted octanol–water partition coefficient (Wildman–Crippen LogP) is 2.00. The van der Waals surface area contributed by atoms with Crippen LogP contribution in [0.3, 0.4) is 0 Å². The Bertz CT molecular complexity index is 372. The van der Waals surface area contributed by atoms with Crippen LogP contribution in [0.1, 0.15) is 52.4 Å². The molecule has 25 heavy (non-hydrogen) atoms. The van der Waals surface area contributed by atoms with Crippen LogP contribution >= 0.6 is 0 Å². The Morgan fingerprint density at radius 1 is 1.20 bits per heavy atom. The fourth-order valence-electron chi connectivity index (χ4n) is 3.59. The molecular weight excluding hydrogens is 316 g/mol. The second kappa shape index (κ2) is 12.5. The van der Waals surface area contributed by atoms with Gasteiger partial charge in [0.25, 0.3) is 0 Å². The molecule has 2 heterocycles. The van der Waals surface area contributed by atoms with E-state index in [1.165, 1.54) is 32.2 Å². The summed E-state index contributed by atoms with van der Waals surface area (Å²) >= 11 is 0. The average Bonchev–Trinajstić information content (AvgIpc) is 3.16. The fourth-order valence-corrected chi connectivity index (χ4v) is 3.59. The maximum absolute atomic E-state index is 5.71. The molecule has 2 unspecified atom stereocenters. The molecular formula is C19H38N4O2. The molecule has 0 saturated carbocycles. The van der Waals surface area contributed by atoms with Gasteiger partial charge in [-0.1, -0.05) is 13.3 Å². The Morgan fingerprint density at radius 2 is 2.12 bits per heavy atom. The van der Waals surface area contributed by atoms with Crippen LogP contribution in [0.2, 0.25) is 0 Å². The van der Waals surface area contributed by atoms with Gasteiger partial charge in [-0.05, 0) is 52.1 Å². The number of likely N-dealkylation sites (N-methyl/N-ethyl adjacent to an activating group) is 1. The molecule has 2 N–H and O–H groups in total. The monoisotopic (exact) mass is 354 g/mol. The molecule has 6 heteroatoms. The molecule has 0 aliphatic carbocycles. The minimum atomic E-state index is 0.323. The van der Waals surface area contributed by atoms with Crippen molar-refractivity contribution < 1.29 is 9.47 Å². The van der Waals surface area contributed by atoms with Crippen molar-refractivity contribution in [3.05, 3.63) is 0 Å². The summed E-state index contributed by atoms with van der Waals surface area (Å²) in [6.07, 6.45) is 7.57. The summed E-state index contributed by atoms with van der Waals surface area (Å²) in [5.41, 5.74) is 0. The van der Waals surface area contributed by atoms with Crippen LogP contribution in [-0.4, -0.2) is 75.5 Å². The molecule has 0 radical (unpaired) electrons. The zero-order valence-corrected chi connectivity index (χ0v) is 16.3. The van der Waals surface area contributed by atoms with Gasteiger partial charge in [0.15, 0.2) is 5.96 Å². The van der Waals surface area contributed by atoms with Crippen LogP contribution < -0.4 is 10.6 Å². The molecule has 146 valence electrons. The molecule has 0 aromatic carbocycles. The lowest BCUT2D eigenvalue weighted by Crippen LogP contribution is -2.43. The number of nitrogens with one attached hydrogen (secondary N) is 2. The number of aliphatic imine (C=N–C) groups is 1. The van der Waals surface area contributed by atoms with Gasteiger partial charge in [0, 0.05) is 32.3 Å². The van der Waals surface area contributed by atoms with Gasteiger partial charge in [-0.3, -0.25) is 9.89 Å². The van der Waals surface area contributed by atoms with Gasteiger partial charge in [-0.25, -0.2) is 0 Å². The SMILES string of the molecule is CCNC(=NCC1CCCCN1CC)NCCCOCC1CCCO1. The molecule has 6 nitrogen and oxygen atoms in total. The number of piperidine rings is 1. The average molecular weight is 355 g/mol. The molecule has 0 bridgehead atoms. The third-order valence-electron chi connectivity index (χ3n) is 5.05. The van der Waals surface area contributed by atoms with Crippen molar-refractivity contribution in [3.8, 4) is 0 Å². The maximum Gasteiger partial charge on any atom is 0.191 e. The van der Waals surface area contributed by atoms with E-state index in [0.717, 1.165) is 64.8 Å². The summed E-state index contributed by atoms with van der Waals surface area (Å²) in [5.74, 6) is 0.934. The van der Waals surface area contributed by atoms with Gasteiger partial charge in [-0.2, -0.15) is 0 Å². The number of likely N-dealkylation sites (tertiary alicyclic amines) is 1. The summed E-state index contributed by atoms with van der Waals surface area (Å²) in [5, 5.41) is 6.78. The topological polar surface area (TPSA) is 58.1 Å². The van der Waals surface area contributed by atoms with Crippen LogP contribution in [0.25, 0.3) is 0 Å². The predicted molar refractivity (Wildman–Crippen MR) is 103 cm³/mol. The lowest BCUT2D eigenvalue weighted by molar-refractivity contribution is 0.0168. The molecule has 0 spiro atoms. The van der Waals surface area contributed by atoms with Gasteiger partial charge < -0.3 is 20.1 Å². The van der Waals surface area contributed by atoms with E-state index >= 15 is 0 Å². The van der Waals surface area contributed by atoms with Crippen LogP contribution in [-0.2, 0) is 9.47 Å². The second-order valence-electron chi connectivity index (χ2n) is 6.99. The molecule has 2 atom stereocenters. The van der Waals surface area contributed by atoms with Crippen LogP contribution in [0, 0.1) is 0 Å². The van der Waals surface area contributed by atoms with E-state index in [4.69, 9.17) is 14.5 Å². The Hall–Kier alpha value is -0.850. The summed E-state index contributed by atoms with van der Waals surface area (Å²) in [4.78, 5) is 7.37. The summed E-state index contributed by atoms with van der Waals surface area (Å²) in [7, 11) is 0. The van der Waals surface area contributed by atoms with Crippen molar-refractivity contribution in [2.45, 2.75) is 64.5 Å². The van der Waals surface area contributed by atoms with Crippen molar-refractivity contribution in [2.75, 3.05) is 52.5 Å². The van der Waals surface area contributed by atoms with Gasteiger partial charge >= 0.3 is 0 Å². The Kier molecular flexibility index (Phi) is 10.2. The van der Waals surface area contributed by atoms with E-state index in [1.807, 2.05) is 0 Å². The number of nitrogens with zero attached hydrogens (tertiary/aromatic N) is 2. The standard InChI is InChI=1S/C19H38N4O2/c1-3-20-19(22-15-17-9-5-6-12-23(17)4-2)21-11-8-13-24-16-18-10-7-14-25-18/h17-18H,3-16H2,1-2H3,(H2,20,21,22). The van der Waals surface area contributed by atoms with Crippen LogP contribution in [0.5, 0.6) is 0 Å². The van der Waals surface area contributed by atoms with E-state index in [9.17, 15) is 0 Å². The first kappa shape index (κ1) is 20.5. The minimum Gasteiger partial charge on any atom is -0.379 e. The molecule has 0 aromatic heterocycles. The van der Waals surface area contributed by atoms with Gasteiger partial charge in [0.2, 0.25) is 0 Å². The van der Waals surface area contributed by atoms with Crippen molar-refractivity contribution in [1.29, 1.82) is 0 Å². The fraction of sp³-hybridized carbons (Fsp3) is 0.947. The molecule has 2 fully saturated rings. The van der Waals surface area contributed by atoms with Crippen molar-refractivity contribution in [1.82, 2.24) is 15.5 Å². The quantitative estimate of drug-likeness (QED) is 0.357. The van der Waals surface area contributed by atoms with Gasteiger partial charge in [0.05, 0.1) is 19.3 Å². The Balaban J connectivity index is 1.61. The lowest BCUT2D eigenvalue weighted by Gasteiger charge is -2.33. The smallest absolute Gasteiger partial charge is 0.191 e. The van der Waals surface area contributed by atoms with Crippen LogP contribution in [0.15, 0.2) is 4.99 Å². The number of rotatable bonds is 10. The number of hydrogen-bond acceptors (Lipinski definition) is 4. The van der Waals surface area contributed by atoms with E-state index in [1.54, 1.807) is 0 Å². The first-order valence-corrected chi connectivity index (χ1v) is 10.3. The van der Waals surface area contributed by atoms with Gasteiger partial charge in [-0.15, -0.1) is 0 Å². The molecule has 0 aromatic rings. The first-order valence-electron chi connectivity index (χ1n) is 10.3. The summed E-state index contributed by atoms with van der Waals surface area (Å²) in [6.45, 7) is 11.8. The Morgan fingerprint density at radius 3 is 2.88 bits per heavy atom. The second-order valence-corrected chi connectivity index (χ2v) is 6.99. The molecule has 2 aliphatic rings. The van der Waals surface area contributed by atoms with E-state index in [-0.39, 0.29) is 0 Å². The zero-order chi connectivity index (χ0) is 17.7. The third-order valence-corrected chi connectivity index (χ3v) is 5.05. The number of guanidine groups is 1. The molecule has 2 saturated heterocycles. The van der Waals surface area contributed by atoms with Crippen molar-refractivity contribution in [2.24, 2.45) is 4.99 Å². The first-order chi connectivity index (χ1) is 12.3. The molecule has 2 aliphatic heterocycles. The van der Waals surface area contributed by atoms with Crippen molar-refractivity contribution in [3.63, 3.8) is 0 Å². The Labute approximate surface area is 153 Å². The number of ether oxygens (including phenoxy) is 2. The van der Waals surface area contributed by atoms with E-state index < -0.39 is 0 Å². The third kappa shape index (κ3) is 7.92. The van der Waals surface area contributed by atoms with Gasteiger partial charge in [0.1, 0.15) is 0 Å². The number of hydrogen-bond donors (Lipinski definition) is 2. The highest BCUT2D eigenvalue weighted by molar-refractivity contribution is 5.79. The highest BCUT2D eigenvalue weighted by Crippen LogP contribution is 2.16. The van der Waals surface area contributed by atoms with Crippen LogP contribution in [0.4, 0.5) is 0 Å². The molecule has 2 rings (SSSR count). The summed E-state index contributed by atoms with van der Waals surface area (Å²) < 4.78 is 11.3. The normalized spacial score (nSPS) is 25.3. The minimum absolute atomic E-state index is 0.323. The zero-order valence-electron chi connectivity index (χ0n) is 16.3. The lowest BCUT2D eigenvalue weighted by atomic mass is 10.0. The molecule has 0 amide bonds. The highest BCUT2D eigenvalue weighted by Gasteiger charge is 2.20. The van der Waals surface area contributed by atoms with E-state index in [0.29, 0.717) is 12.1 Å². The summed E-state index contributed by atoms with van der Waals surface area (Å²) in [6, 6.07) is 0.601. The van der Waals surface area contributed by atoms with E-state index in [2.05, 4.69) is 29.4 Å². The highest BCUT2D eigenvalue weighted by atomic mass is 16.5. The van der Waals surface area contributed by atoms with Crippen molar-refractivity contribution >= 4 is 5.96 Å². The maximum atomic E-state index is 5.71. The largest absolute Gasteiger partial charge is 0.379 e.